The largest absolute Gasteiger partial charge is 0.325 e. The summed E-state index contributed by atoms with van der Waals surface area (Å²) in [6, 6.07) is 18.5. The molecule has 0 bridgehead atoms. The molecule has 0 unspecified atom stereocenters. The van der Waals surface area contributed by atoms with Crippen molar-refractivity contribution in [2.24, 2.45) is 0 Å². The van der Waals surface area contributed by atoms with E-state index in [0.29, 0.717) is 15.2 Å². The first-order valence-electron chi connectivity index (χ1n) is 7.70. The Morgan fingerprint density at radius 2 is 1.96 bits per heavy atom. The Labute approximate surface area is 164 Å². The second-order valence-corrected chi connectivity index (χ2v) is 8.53. The number of nitriles is 1. The molecule has 0 aliphatic rings. The summed E-state index contributed by atoms with van der Waals surface area (Å²) in [4.78, 5) is 12.4. The number of hydrogen-bond acceptors (Lipinski definition) is 6. The van der Waals surface area contributed by atoms with E-state index in [9.17, 15) is 4.79 Å². The predicted octanol–water partition coefficient (Wildman–Crippen LogP) is 4.65. The molecule has 0 saturated heterocycles. The number of carbonyl (C=O) groups is 1. The second kappa shape index (κ2) is 8.27. The van der Waals surface area contributed by atoms with Crippen molar-refractivity contribution in [3.8, 4) is 11.8 Å². The van der Waals surface area contributed by atoms with E-state index in [0.717, 1.165) is 10.0 Å². The van der Waals surface area contributed by atoms with Gasteiger partial charge in [0.2, 0.25) is 5.91 Å². The Kier molecular flexibility index (Phi) is 5.83. The van der Waals surface area contributed by atoms with Gasteiger partial charge in [0.05, 0.1) is 22.6 Å². The Balaban J connectivity index is 1.67. The number of benzene rings is 2. The van der Waals surface area contributed by atoms with Crippen LogP contribution in [0.4, 0.5) is 5.69 Å². The van der Waals surface area contributed by atoms with Crippen LogP contribution in [0.25, 0.3) is 5.69 Å². The molecule has 3 aromatic rings. The van der Waals surface area contributed by atoms with Crippen LogP contribution in [0.3, 0.4) is 0 Å². The van der Waals surface area contributed by atoms with Crippen LogP contribution < -0.4 is 5.32 Å². The first-order valence-corrected chi connectivity index (χ1v) is 9.80. The molecule has 0 saturated carbocycles. The van der Waals surface area contributed by atoms with Gasteiger partial charge in [-0.25, -0.2) is 4.68 Å². The maximum absolute atomic E-state index is 12.4. The maximum atomic E-state index is 12.4. The van der Waals surface area contributed by atoms with Crippen molar-refractivity contribution in [1.29, 1.82) is 5.26 Å². The SMILES string of the molecule is C[C@H](Sc1nn(-c2ccccc2)c(=S)s1)C(=O)Nc1ccc(C#N)cc1. The Morgan fingerprint density at radius 1 is 1.27 bits per heavy atom. The van der Waals surface area contributed by atoms with Gasteiger partial charge in [-0.2, -0.15) is 5.26 Å². The molecule has 26 heavy (non-hydrogen) atoms. The maximum Gasteiger partial charge on any atom is 0.237 e. The number of aromatic nitrogens is 2. The number of amides is 1. The van der Waals surface area contributed by atoms with E-state index >= 15 is 0 Å². The fourth-order valence-corrected chi connectivity index (χ4v) is 4.62. The Morgan fingerprint density at radius 3 is 2.62 bits per heavy atom. The van der Waals surface area contributed by atoms with E-state index in [1.807, 2.05) is 43.3 Å². The monoisotopic (exact) mass is 398 g/mol. The lowest BCUT2D eigenvalue weighted by atomic mass is 10.2. The van der Waals surface area contributed by atoms with Crippen LogP contribution in [-0.4, -0.2) is 20.9 Å². The van der Waals surface area contributed by atoms with Gasteiger partial charge in [0.1, 0.15) is 0 Å². The molecule has 1 atom stereocenters. The highest BCUT2D eigenvalue weighted by atomic mass is 32.2. The molecule has 1 aromatic heterocycles. The van der Waals surface area contributed by atoms with E-state index in [-0.39, 0.29) is 11.2 Å². The molecule has 1 N–H and O–H groups in total. The zero-order valence-electron chi connectivity index (χ0n) is 13.7. The topological polar surface area (TPSA) is 70.7 Å². The summed E-state index contributed by atoms with van der Waals surface area (Å²) in [5.41, 5.74) is 2.11. The van der Waals surface area contributed by atoms with Crippen molar-refractivity contribution in [3.05, 3.63) is 64.1 Å². The Bertz CT molecular complexity index is 1000. The quantitative estimate of drug-likeness (QED) is 0.500. The molecule has 0 fully saturated rings. The summed E-state index contributed by atoms with van der Waals surface area (Å²) >= 11 is 8.12. The third kappa shape index (κ3) is 4.38. The smallest absolute Gasteiger partial charge is 0.237 e. The molecule has 0 radical (unpaired) electrons. The lowest BCUT2D eigenvalue weighted by Crippen LogP contribution is -2.22. The van der Waals surface area contributed by atoms with E-state index in [1.54, 1.807) is 28.9 Å². The standard InChI is InChI=1S/C18H14N4OS3/c1-12(16(23)20-14-9-7-13(11-19)8-10-14)25-17-21-22(18(24)26-17)15-5-3-2-4-6-15/h2-10,12H,1H3,(H,20,23)/t12-/m0/s1. The average molecular weight is 399 g/mol. The van der Waals surface area contributed by atoms with Gasteiger partial charge in [0.25, 0.3) is 0 Å². The summed E-state index contributed by atoms with van der Waals surface area (Å²) in [7, 11) is 0. The number of anilines is 1. The van der Waals surface area contributed by atoms with Crippen molar-refractivity contribution in [1.82, 2.24) is 9.78 Å². The van der Waals surface area contributed by atoms with Crippen LogP contribution in [0.5, 0.6) is 0 Å². The molecule has 0 aliphatic heterocycles. The van der Waals surface area contributed by atoms with E-state index in [4.69, 9.17) is 17.5 Å². The number of carbonyl (C=O) groups excluding carboxylic acids is 1. The Hall–Kier alpha value is -2.47. The van der Waals surface area contributed by atoms with Crippen LogP contribution in [0, 0.1) is 15.3 Å². The van der Waals surface area contributed by atoms with Gasteiger partial charge >= 0.3 is 0 Å². The number of hydrogen-bond donors (Lipinski definition) is 1. The number of para-hydroxylation sites is 1. The molecule has 2 aromatic carbocycles. The normalized spacial score (nSPS) is 11.5. The average Bonchev–Trinajstić information content (AvgIpc) is 3.03. The zero-order valence-corrected chi connectivity index (χ0v) is 16.2. The lowest BCUT2D eigenvalue weighted by Gasteiger charge is -2.10. The molecular formula is C18H14N4OS3. The number of nitrogens with zero attached hydrogens (tertiary/aromatic N) is 3. The molecule has 3 rings (SSSR count). The zero-order chi connectivity index (χ0) is 18.5. The summed E-state index contributed by atoms with van der Waals surface area (Å²) in [6.45, 7) is 1.82. The first kappa shape index (κ1) is 18.3. The van der Waals surface area contributed by atoms with Crippen LogP contribution >= 0.6 is 35.3 Å². The van der Waals surface area contributed by atoms with Gasteiger partial charge in [-0.1, -0.05) is 41.3 Å². The molecule has 0 aliphatic carbocycles. The predicted molar refractivity (Wildman–Crippen MR) is 107 cm³/mol. The molecule has 1 heterocycles. The molecular weight excluding hydrogens is 384 g/mol. The van der Waals surface area contributed by atoms with Crippen LogP contribution in [-0.2, 0) is 4.79 Å². The summed E-state index contributed by atoms with van der Waals surface area (Å²) in [6.07, 6.45) is 0. The van der Waals surface area contributed by atoms with Crippen molar-refractivity contribution < 1.29 is 4.79 Å². The van der Waals surface area contributed by atoms with Crippen molar-refractivity contribution >= 4 is 46.9 Å². The van der Waals surface area contributed by atoms with Crippen molar-refractivity contribution in [3.63, 3.8) is 0 Å². The van der Waals surface area contributed by atoms with Crippen LogP contribution in [0.15, 0.2) is 58.9 Å². The molecule has 0 spiro atoms. The summed E-state index contributed by atoms with van der Waals surface area (Å²) in [5.74, 6) is -0.132. The van der Waals surface area contributed by atoms with Gasteiger partial charge < -0.3 is 5.32 Å². The number of thioether (sulfide) groups is 1. The van der Waals surface area contributed by atoms with Gasteiger partial charge in [0, 0.05) is 5.69 Å². The third-order valence-electron chi connectivity index (χ3n) is 3.46. The van der Waals surface area contributed by atoms with E-state index < -0.39 is 0 Å². The highest BCUT2D eigenvalue weighted by Gasteiger charge is 2.17. The summed E-state index contributed by atoms with van der Waals surface area (Å²) < 4.78 is 3.08. The minimum Gasteiger partial charge on any atom is -0.325 e. The number of nitrogens with one attached hydrogen (secondary N) is 1. The molecule has 8 heteroatoms. The third-order valence-corrected chi connectivity index (χ3v) is 5.87. The fraction of sp³-hybridized carbons (Fsp3) is 0.111. The minimum atomic E-state index is -0.338. The highest BCUT2D eigenvalue weighted by Crippen LogP contribution is 2.28. The first-order chi connectivity index (χ1) is 12.6. The molecule has 5 nitrogen and oxygen atoms in total. The van der Waals surface area contributed by atoms with Gasteiger partial charge in [-0.15, -0.1) is 5.10 Å². The second-order valence-electron chi connectivity index (χ2n) is 5.32. The van der Waals surface area contributed by atoms with Crippen molar-refractivity contribution in [2.45, 2.75) is 16.5 Å². The minimum absolute atomic E-state index is 0.132. The number of rotatable bonds is 5. The highest BCUT2D eigenvalue weighted by molar-refractivity contribution is 8.02. The van der Waals surface area contributed by atoms with Gasteiger partial charge in [-0.3, -0.25) is 4.79 Å². The van der Waals surface area contributed by atoms with Gasteiger partial charge in [-0.05, 0) is 55.5 Å². The fourth-order valence-electron chi connectivity index (χ4n) is 2.12. The van der Waals surface area contributed by atoms with Gasteiger partial charge in [0.15, 0.2) is 8.29 Å². The lowest BCUT2D eigenvalue weighted by molar-refractivity contribution is -0.115. The summed E-state index contributed by atoms with van der Waals surface area (Å²) in [5, 5.41) is 15.8. The van der Waals surface area contributed by atoms with Crippen LogP contribution in [0.1, 0.15) is 12.5 Å². The molecule has 1 amide bonds. The molecule has 130 valence electrons. The van der Waals surface area contributed by atoms with Crippen LogP contribution in [0.2, 0.25) is 0 Å². The van der Waals surface area contributed by atoms with E-state index in [2.05, 4.69) is 10.4 Å². The van der Waals surface area contributed by atoms with E-state index in [1.165, 1.54) is 23.1 Å². The van der Waals surface area contributed by atoms with Crippen molar-refractivity contribution in [2.75, 3.05) is 5.32 Å².